The molecule has 3 heteroatoms. The van der Waals surface area contributed by atoms with Gasteiger partial charge >= 0.3 is 0 Å². The van der Waals surface area contributed by atoms with Crippen LogP contribution >= 0.6 is 0 Å². The fourth-order valence-electron chi connectivity index (χ4n) is 1.85. The minimum absolute atomic E-state index is 0.109. The summed E-state index contributed by atoms with van der Waals surface area (Å²) in [7, 11) is 0. The number of hydrogen-bond donors (Lipinski definition) is 2. The number of nitrogens with one attached hydrogen (secondary N) is 2. The molecule has 0 aliphatic rings. The third-order valence-electron chi connectivity index (χ3n) is 2.95. The van der Waals surface area contributed by atoms with Gasteiger partial charge in [-0.15, -0.1) is 0 Å². The summed E-state index contributed by atoms with van der Waals surface area (Å²) in [6.07, 6.45) is 0.530. The predicted octanol–water partition coefficient (Wildman–Crippen LogP) is 2.81. The Morgan fingerprint density at radius 3 is 2.26 bits per heavy atom. The van der Waals surface area contributed by atoms with Crippen LogP contribution in [0.15, 0.2) is 24.3 Å². The van der Waals surface area contributed by atoms with Gasteiger partial charge in [-0.25, -0.2) is 0 Å². The molecule has 1 rings (SSSR count). The molecule has 2 N–H and O–H groups in total. The van der Waals surface area contributed by atoms with Crippen molar-refractivity contribution in [3.63, 3.8) is 0 Å². The Labute approximate surface area is 116 Å². The highest BCUT2D eigenvalue weighted by molar-refractivity contribution is 5.76. The Bertz CT molecular complexity index is 382. The quantitative estimate of drug-likeness (QED) is 0.742. The van der Waals surface area contributed by atoms with Crippen LogP contribution in [0.2, 0.25) is 0 Å². The largest absolute Gasteiger partial charge is 0.354 e. The molecule has 0 saturated carbocycles. The molecule has 3 nitrogen and oxygen atoms in total. The summed E-state index contributed by atoms with van der Waals surface area (Å²) in [5.41, 5.74) is 2.62. The number of carbonyl (C=O) groups excluding carboxylic acids is 1. The first-order valence-electron chi connectivity index (χ1n) is 7.08. The second-order valence-electron chi connectivity index (χ2n) is 5.55. The summed E-state index contributed by atoms with van der Waals surface area (Å²) in [6.45, 7) is 9.86. The molecule has 0 heterocycles. The van der Waals surface area contributed by atoms with E-state index in [4.69, 9.17) is 0 Å². The number of amides is 1. The summed E-state index contributed by atoms with van der Waals surface area (Å²) < 4.78 is 0. The van der Waals surface area contributed by atoms with E-state index in [1.165, 1.54) is 11.1 Å². The second-order valence-corrected chi connectivity index (χ2v) is 5.55. The molecule has 0 bridgehead atoms. The average molecular weight is 262 g/mol. The SMILES string of the molecule is CC(C)NC(=O)CCNCc1ccc(C(C)C)cc1. The standard InChI is InChI=1S/C16H26N2O/c1-12(2)15-7-5-14(6-8-15)11-17-10-9-16(19)18-13(3)4/h5-8,12-13,17H,9-11H2,1-4H3,(H,18,19). The average Bonchev–Trinajstić information content (AvgIpc) is 2.34. The van der Waals surface area contributed by atoms with Crippen molar-refractivity contribution in [1.29, 1.82) is 0 Å². The number of hydrogen-bond acceptors (Lipinski definition) is 2. The van der Waals surface area contributed by atoms with E-state index in [1.54, 1.807) is 0 Å². The van der Waals surface area contributed by atoms with Gasteiger partial charge < -0.3 is 10.6 Å². The van der Waals surface area contributed by atoms with E-state index >= 15 is 0 Å². The highest BCUT2D eigenvalue weighted by Gasteiger charge is 2.02. The van der Waals surface area contributed by atoms with Crippen molar-refractivity contribution in [2.24, 2.45) is 0 Å². The topological polar surface area (TPSA) is 41.1 Å². The molecule has 0 aliphatic heterocycles. The van der Waals surface area contributed by atoms with E-state index in [1.807, 2.05) is 13.8 Å². The molecule has 0 radical (unpaired) electrons. The maximum absolute atomic E-state index is 11.4. The van der Waals surface area contributed by atoms with Gasteiger partial charge in [0.25, 0.3) is 0 Å². The lowest BCUT2D eigenvalue weighted by atomic mass is 10.0. The van der Waals surface area contributed by atoms with Crippen molar-refractivity contribution in [3.8, 4) is 0 Å². The van der Waals surface area contributed by atoms with Crippen LogP contribution in [0.5, 0.6) is 0 Å². The minimum atomic E-state index is 0.109. The smallest absolute Gasteiger partial charge is 0.221 e. The Balaban J connectivity index is 2.24. The van der Waals surface area contributed by atoms with Gasteiger partial charge in [-0.3, -0.25) is 4.79 Å². The third kappa shape index (κ3) is 6.39. The molecule has 0 aromatic heterocycles. The molecule has 1 aromatic rings. The van der Waals surface area contributed by atoms with Gasteiger partial charge in [-0.1, -0.05) is 38.1 Å². The zero-order valence-corrected chi connectivity index (χ0v) is 12.5. The van der Waals surface area contributed by atoms with Crippen LogP contribution in [0.1, 0.15) is 51.2 Å². The summed E-state index contributed by atoms with van der Waals surface area (Å²) in [6, 6.07) is 8.86. The van der Waals surface area contributed by atoms with E-state index in [0.29, 0.717) is 18.9 Å². The van der Waals surface area contributed by atoms with Crippen LogP contribution in [0, 0.1) is 0 Å². The molecule has 0 saturated heterocycles. The van der Waals surface area contributed by atoms with Crippen molar-refractivity contribution in [1.82, 2.24) is 10.6 Å². The number of rotatable bonds is 7. The zero-order chi connectivity index (χ0) is 14.3. The molecule has 1 aromatic carbocycles. The van der Waals surface area contributed by atoms with Crippen molar-refractivity contribution in [3.05, 3.63) is 35.4 Å². The van der Waals surface area contributed by atoms with Crippen LogP contribution < -0.4 is 10.6 Å². The van der Waals surface area contributed by atoms with E-state index < -0.39 is 0 Å². The van der Waals surface area contributed by atoms with Crippen LogP contribution in [0.3, 0.4) is 0 Å². The van der Waals surface area contributed by atoms with Crippen LogP contribution in [0.4, 0.5) is 0 Å². The lowest BCUT2D eigenvalue weighted by molar-refractivity contribution is -0.121. The molecule has 0 spiro atoms. The zero-order valence-electron chi connectivity index (χ0n) is 12.5. The lowest BCUT2D eigenvalue weighted by Crippen LogP contribution is -2.32. The maximum atomic E-state index is 11.4. The Kier molecular flexibility index (Phi) is 6.57. The molecule has 106 valence electrons. The number of benzene rings is 1. The van der Waals surface area contributed by atoms with Crippen molar-refractivity contribution >= 4 is 5.91 Å². The summed E-state index contributed by atoms with van der Waals surface area (Å²) in [5.74, 6) is 0.680. The fourth-order valence-corrected chi connectivity index (χ4v) is 1.85. The molecule has 19 heavy (non-hydrogen) atoms. The normalized spacial score (nSPS) is 11.1. The second kappa shape index (κ2) is 7.95. The van der Waals surface area contributed by atoms with Gasteiger partial charge in [0.1, 0.15) is 0 Å². The molecule has 0 unspecified atom stereocenters. The van der Waals surface area contributed by atoms with E-state index in [0.717, 1.165) is 6.54 Å². The first kappa shape index (κ1) is 15.7. The first-order valence-corrected chi connectivity index (χ1v) is 7.08. The van der Waals surface area contributed by atoms with E-state index in [-0.39, 0.29) is 11.9 Å². The van der Waals surface area contributed by atoms with Crippen molar-refractivity contribution in [2.75, 3.05) is 6.54 Å². The van der Waals surface area contributed by atoms with Crippen molar-refractivity contribution < 1.29 is 4.79 Å². The molecule has 0 atom stereocenters. The van der Waals surface area contributed by atoms with Gasteiger partial charge in [0.05, 0.1) is 0 Å². The van der Waals surface area contributed by atoms with Gasteiger partial charge in [0, 0.05) is 25.6 Å². The Hall–Kier alpha value is -1.35. The van der Waals surface area contributed by atoms with Crippen LogP contribution in [-0.2, 0) is 11.3 Å². The maximum Gasteiger partial charge on any atom is 0.221 e. The molecule has 0 aliphatic carbocycles. The highest BCUT2D eigenvalue weighted by Crippen LogP contribution is 2.14. The molecule has 1 amide bonds. The van der Waals surface area contributed by atoms with Crippen LogP contribution in [0.25, 0.3) is 0 Å². The molecular weight excluding hydrogens is 236 g/mol. The van der Waals surface area contributed by atoms with Crippen LogP contribution in [-0.4, -0.2) is 18.5 Å². The third-order valence-corrected chi connectivity index (χ3v) is 2.95. The fraction of sp³-hybridized carbons (Fsp3) is 0.562. The summed E-state index contributed by atoms with van der Waals surface area (Å²) in [5, 5.41) is 6.18. The van der Waals surface area contributed by atoms with Crippen molar-refractivity contribution in [2.45, 2.75) is 52.6 Å². The van der Waals surface area contributed by atoms with Gasteiger partial charge in [-0.05, 0) is 30.9 Å². The van der Waals surface area contributed by atoms with Gasteiger partial charge in [-0.2, -0.15) is 0 Å². The minimum Gasteiger partial charge on any atom is -0.354 e. The predicted molar refractivity (Wildman–Crippen MR) is 80.1 cm³/mol. The Morgan fingerprint density at radius 1 is 1.11 bits per heavy atom. The summed E-state index contributed by atoms with van der Waals surface area (Å²) >= 11 is 0. The number of carbonyl (C=O) groups is 1. The van der Waals surface area contributed by atoms with Gasteiger partial charge in [0.15, 0.2) is 0 Å². The first-order chi connectivity index (χ1) is 8.99. The monoisotopic (exact) mass is 262 g/mol. The summed E-state index contributed by atoms with van der Waals surface area (Å²) in [4.78, 5) is 11.4. The van der Waals surface area contributed by atoms with Gasteiger partial charge in [0.2, 0.25) is 5.91 Å². The molecular formula is C16H26N2O. The Morgan fingerprint density at radius 2 is 1.74 bits per heavy atom. The lowest BCUT2D eigenvalue weighted by Gasteiger charge is -2.10. The van der Waals surface area contributed by atoms with E-state index in [2.05, 4.69) is 48.7 Å². The highest BCUT2D eigenvalue weighted by atomic mass is 16.1. The van der Waals surface area contributed by atoms with E-state index in [9.17, 15) is 4.79 Å². The molecule has 0 fully saturated rings.